The lowest BCUT2D eigenvalue weighted by Gasteiger charge is -2.41. The van der Waals surface area contributed by atoms with Gasteiger partial charge in [0.1, 0.15) is 0 Å². The molecular weight excluding hydrogens is 230 g/mol. The number of nitrogens with zero attached hydrogens (tertiary/aromatic N) is 2. The van der Waals surface area contributed by atoms with Crippen molar-refractivity contribution in [1.82, 2.24) is 9.80 Å². The summed E-state index contributed by atoms with van der Waals surface area (Å²) < 4.78 is 0. The molecule has 2 fully saturated rings. The fourth-order valence-corrected chi connectivity index (χ4v) is 4.89. The molecule has 100 valence electrons. The Morgan fingerprint density at radius 1 is 1.41 bits per heavy atom. The molecule has 17 heavy (non-hydrogen) atoms. The summed E-state index contributed by atoms with van der Waals surface area (Å²) in [6.45, 7) is 8.15. The van der Waals surface area contributed by atoms with Gasteiger partial charge in [0.05, 0.1) is 0 Å². The fourth-order valence-electron chi connectivity index (χ4n) is 3.13. The Morgan fingerprint density at radius 2 is 2.12 bits per heavy atom. The van der Waals surface area contributed by atoms with E-state index in [1.807, 2.05) is 0 Å². The van der Waals surface area contributed by atoms with Crippen molar-refractivity contribution >= 4 is 11.8 Å². The van der Waals surface area contributed by atoms with E-state index in [0.29, 0.717) is 0 Å². The summed E-state index contributed by atoms with van der Waals surface area (Å²) in [7, 11) is 2.27. The Balaban J connectivity index is 1.86. The lowest BCUT2D eigenvalue weighted by atomic mass is 9.87. The van der Waals surface area contributed by atoms with E-state index < -0.39 is 0 Å². The van der Waals surface area contributed by atoms with Crippen molar-refractivity contribution in [3.8, 4) is 0 Å². The number of rotatable bonds is 5. The largest absolute Gasteiger partial charge is 0.329 e. The van der Waals surface area contributed by atoms with Crippen LogP contribution in [0, 0.1) is 5.92 Å². The number of hydrogen-bond donors (Lipinski definition) is 1. The molecule has 2 unspecified atom stereocenters. The lowest BCUT2D eigenvalue weighted by Crippen LogP contribution is -2.57. The molecule has 0 amide bonds. The molecule has 4 heteroatoms. The van der Waals surface area contributed by atoms with Gasteiger partial charge in [-0.15, -0.1) is 0 Å². The topological polar surface area (TPSA) is 32.5 Å². The number of nitrogens with two attached hydrogens (primary N) is 1. The molecule has 2 N–H and O–H groups in total. The van der Waals surface area contributed by atoms with Crippen LogP contribution in [0.5, 0.6) is 0 Å². The molecule has 2 aliphatic heterocycles. The van der Waals surface area contributed by atoms with E-state index in [1.165, 1.54) is 50.5 Å². The van der Waals surface area contributed by atoms with E-state index >= 15 is 0 Å². The second-order valence-electron chi connectivity index (χ2n) is 5.69. The van der Waals surface area contributed by atoms with Crippen molar-refractivity contribution < 1.29 is 0 Å². The molecule has 0 radical (unpaired) electrons. The molecule has 2 aliphatic rings. The van der Waals surface area contributed by atoms with Crippen LogP contribution in [0.2, 0.25) is 0 Å². The van der Waals surface area contributed by atoms with Crippen LogP contribution in [0.3, 0.4) is 0 Å². The van der Waals surface area contributed by atoms with Crippen molar-refractivity contribution in [3.05, 3.63) is 0 Å². The Hall–Kier alpha value is 0.230. The Morgan fingerprint density at radius 3 is 2.65 bits per heavy atom. The normalized spacial score (nSPS) is 34.9. The summed E-state index contributed by atoms with van der Waals surface area (Å²) in [5.74, 6) is 3.20. The van der Waals surface area contributed by atoms with Crippen molar-refractivity contribution in [2.75, 3.05) is 51.3 Å². The third-order valence-electron chi connectivity index (χ3n) is 4.70. The van der Waals surface area contributed by atoms with Crippen LogP contribution in [0.15, 0.2) is 0 Å². The molecule has 0 aliphatic carbocycles. The molecule has 0 bridgehead atoms. The fraction of sp³-hybridized carbons (Fsp3) is 1.00. The third-order valence-corrected chi connectivity index (χ3v) is 6.14. The first-order chi connectivity index (χ1) is 8.19. The van der Waals surface area contributed by atoms with Crippen LogP contribution in [0.1, 0.15) is 19.8 Å². The number of likely N-dealkylation sites (tertiary alicyclic amines) is 1. The average molecular weight is 257 g/mol. The summed E-state index contributed by atoms with van der Waals surface area (Å²) in [5, 5.41) is 0. The highest BCUT2D eigenvalue weighted by Crippen LogP contribution is 2.36. The van der Waals surface area contributed by atoms with E-state index in [9.17, 15) is 0 Å². The van der Waals surface area contributed by atoms with Gasteiger partial charge >= 0.3 is 0 Å². The van der Waals surface area contributed by atoms with E-state index in [4.69, 9.17) is 5.73 Å². The van der Waals surface area contributed by atoms with Gasteiger partial charge in [0.15, 0.2) is 0 Å². The molecule has 0 aromatic rings. The van der Waals surface area contributed by atoms with Crippen LogP contribution in [0.4, 0.5) is 0 Å². The van der Waals surface area contributed by atoms with Crippen molar-refractivity contribution in [1.29, 1.82) is 0 Å². The zero-order valence-corrected chi connectivity index (χ0v) is 12.1. The standard InChI is InChI=1S/C13H27N3S/c1-12-9-17-11-13(12,10-14)15(2)7-8-16-5-3-4-6-16/h12H,3-11,14H2,1-2H3. The van der Waals surface area contributed by atoms with Crippen molar-refractivity contribution in [3.63, 3.8) is 0 Å². The SMILES string of the molecule is CC1CSCC1(CN)N(C)CCN1CCCC1. The molecule has 2 atom stereocenters. The highest BCUT2D eigenvalue weighted by atomic mass is 32.2. The molecule has 0 saturated carbocycles. The second kappa shape index (κ2) is 5.91. The zero-order valence-electron chi connectivity index (χ0n) is 11.3. The predicted molar refractivity (Wildman–Crippen MR) is 76.6 cm³/mol. The van der Waals surface area contributed by atoms with Crippen LogP contribution in [-0.4, -0.2) is 66.6 Å². The molecule has 0 aromatic carbocycles. The van der Waals surface area contributed by atoms with Gasteiger partial charge in [-0.1, -0.05) is 6.92 Å². The monoisotopic (exact) mass is 257 g/mol. The molecule has 2 rings (SSSR count). The number of likely N-dealkylation sites (N-methyl/N-ethyl adjacent to an activating group) is 1. The first-order valence-corrected chi connectivity index (χ1v) is 8.06. The molecule has 2 heterocycles. The van der Waals surface area contributed by atoms with Crippen LogP contribution in [0.25, 0.3) is 0 Å². The Bertz CT molecular complexity index is 243. The maximum absolute atomic E-state index is 6.08. The third kappa shape index (κ3) is 2.80. The maximum atomic E-state index is 6.08. The average Bonchev–Trinajstić information content (AvgIpc) is 2.95. The first kappa shape index (κ1) is 13.7. The van der Waals surface area contributed by atoms with Crippen molar-refractivity contribution in [2.45, 2.75) is 25.3 Å². The zero-order chi connectivity index (χ0) is 12.3. The van der Waals surface area contributed by atoms with Crippen molar-refractivity contribution in [2.24, 2.45) is 11.7 Å². The van der Waals surface area contributed by atoms with E-state index in [-0.39, 0.29) is 5.54 Å². The highest BCUT2D eigenvalue weighted by molar-refractivity contribution is 7.99. The molecular formula is C13H27N3S. The summed E-state index contributed by atoms with van der Waals surface area (Å²) >= 11 is 2.06. The minimum Gasteiger partial charge on any atom is -0.329 e. The second-order valence-corrected chi connectivity index (χ2v) is 6.72. The van der Waals surface area contributed by atoms with Gasteiger partial charge in [-0.25, -0.2) is 0 Å². The van der Waals surface area contributed by atoms with Crippen LogP contribution >= 0.6 is 11.8 Å². The van der Waals surface area contributed by atoms with E-state index in [2.05, 4.69) is 35.5 Å². The van der Waals surface area contributed by atoms with Crippen LogP contribution in [-0.2, 0) is 0 Å². The molecule has 3 nitrogen and oxygen atoms in total. The molecule has 0 spiro atoms. The van der Waals surface area contributed by atoms with Gasteiger partial charge in [0.25, 0.3) is 0 Å². The highest BCUT2D eigenvalue weighted by Gasteiger charge is 2.42. The van der Waals surface area contributed by atoms with Gasteiger partial charge in [-0.05, 0) is 44.6 Å². The smallest absolute Gasteiger partial charge is 0.0452 e. The van der Waals surface area contributed by atoms with Gasteiger partial charge in [-0.2, -0.15) is 11.8 Å². The van der Waals surface area contributed by atoms with Gasteiger partial charge in [0.2, 0.25) is 0 Å². The van der Waals surface area contributed by atoms with Gasteiger partial charge < -0.3 is 10.6 Å². The molecule has 0 aromatic heterocycles. The quantitative estimate of drug-likeness (QED) is 0.799. The van der Waals surface area contributed by atoms with Crippen LogP contribution < -0.4 is 5.73 Å². The maximum Gasteiger partial charge on any atom is 0.0452 e. The minimum atomic E-state index is 0.254. The number of hydrogen-bond acceptors (Lipinski definition) is 4. The summed E-state index contributed by atoms with van der Waals surface area (Å²) in [5.41, 5.74) is 6.33. The molecule has 2 saturated heterocycles. The van der Waals surface area contributed by atoms with Gasteiger partial charge in [-0.3, -0.25) is 4.90 Å². The Labute approximate surface area is 110 Å². The first-order valence-electron chi connectivity index (χ1n) is 6.90. The summed E-state index contributed by atoms with van der Waals surface area (Å²) in [6.07, 6.45) is 2.77. The lowest BCUT2D eigenvalue weighted by molar-refractivity contribution is 0.0978. The van der Waals surface area contributed by atoms with Gasteiger partial charge in [0, 0.05) is 30.9 Å². The predicted octanol–water partition coefficient (Wildman–Crippen LogP) is 1.09. The number of thioether (sulfide) groups is 1. The van der Waals surface area contributed by atoms with E-state index in [1.54, 1.807) is 0 Å². The summed E-state index contributed by atoms with van der Waals surface area (Å²) in [4.78, 5) is 5.13. The minimum absolute atomic E-state index is 0.254. The van der Waals surface area contributed by atoms with E-state index in [0.717, 1.165) is 12.5 Å². The summed E-state index contributed by atoms with van der Waals surface area (Å²) in [6, 6.07) is 0. The Kier molecular flexibility index (Phi) is 4.75.